The molecule has 108 valence electrons. The van der Waals surface area contributed by atoms with Crippen molar-refractivity contribution in [2.24, 2.45) is 0 Å². The summed E-state index contributed by atoms with van der Waals surface area (Å²) in [6.07, 6.45) is 1.29. The van der Waals surface area contributed by atoms with E-state index in [9.17, 15) is 8.78 Å². The van der Waals surface area contributed by atoms with Gasteiger partial charge < -0.3 is 9.73 Å². The van der Waals surface area contributed by atoms with E-state index in [1.807, 2.05) is 13.0 Å². The summed E-state index contributed by atoms with van der Waals surface area (Å²) < 4.78 is 33.2. The molecule has 0 bridgehead atoms. The van der Waals surface area contributed by atoms with E-state index in [4.69, 9.17) is 4.42 Å². The van der Waals surface area contributed by atoms with Crippen molar-refractivity contribution in [2.75, 3.05) is 6.54 Å². The van der Waals surface area contributed by atoms with Crippen LogP contribution in [0.1, 0.15) is 30.7 Å². The van der Waals surface area contributed by atoms with Gasteiger partial charge in [-0.05, 0) is 59.1 Å². The number of hydrogen-bond acceptors (Lipinski definition) is 2. The van der Waals surface area contributed by atoms with Crippen molar-refractivity contribution < 1.29 is 13.2 Å². The van der Waals surface area contributed by atoms with E-state index in [2.05, 4.69) is 21.2 Å². The molecule has 1 aromatic heterocycles. The quantitative estimate of drug-likeness (QED) is 0.828. The normalized spacial score (nSPS) is 12.6. The lowest BCUT2D eigenvalue weighted by atomic mass is 10.0. The van der Waals surface area contributed by atoms with Crippen LogP contribution < -0.4 is 5.32 Å². The van der Waals surface area contributed by atoms with Crippen LogP contribution >= 0.6 is 15.9 Å². The third kappa shape index (κ3) is 3.67. The maximum atomic E-state index is 13.8. The molecular formula is C15H16BrF2NO. The van der Waals surface area contributed by atoms with Gasteiger partial charge in [0, 0.05) is 0 Å². The molecule has 1 aromatic carbocycles. The van der Waals surface area contributed by atoms with Crippen LogP contribution in [0.4, 0.5) is 8.78 Å². The summed E-state index contributed by atoms with van der Waals surface area (Å²) in [4.78, 5) is 0. The summed E-state index contributed by atoms with van der Waals surface area (Å²) >= 11 is 3.25. The van der Waals surface area contributed by atoms with Gasteiger partial charge in [-0.2, -0.15) is 0 Å². The highest BCUT2D eigenvalue weighted by molar-refractivity contribution is 9.10. The van der Waals surface area contributed by atoms with E-state index in [-0.39, 0.29) is 6.04 Å². The van der Waals surface area contributed by atoms with Crippen molar-refractivity contribution in [3.63, 3.8) is 0 Å². The van der Waals surface area contributed by atoms with Crippen molar-refractivity contribution >= 4 is 15.9 Å². The third-order valence-electron chi connectivity index (χ3n) is 3.03. The van der Waals surface area contributed by atoms with Crippen LogP contribution in [0.2, 0.25) is 0 Å². The molecule has 0 amide bonds. The lowest BCUT2D eigenvalue weighted by Crippen LogP contribution is -2.24. The Morgan fingerprint density at radius 1 is 1.25 bits per heavy atom. The number of rotatable bonds is 6. The molecule has 0 radical (unpaired) electrons. The van der Waals surface area contributed by atoms with Gasteiger partial charge in [-0.1, -0.05) is 19.1 Å². The second-order valence-electron chi connectivity index (χ2n) is 4.57. The van der Waals surface area contributed by atoms with Crippen LogP contribution in [0.25, 0.3) is 0 Å². The smallest absolute Gasteiger partial charge is 0.169 e. The molecule has 0 saturated heterocycles. The number of halogens is 3. The molecule has 0 aliphatic heterocycles. The fourth-order valence-corrected chi connectivity index (χ4v) is 2.35. The largest absolute Gasteiger partial charge is 0.453 e. The van der Waals surface area contributed by atoms with Gasteiger partial charge in [0.05, 0.1) is 6.04 Å². The molecule has 1 atom stereocenters. The van der Waals surface area contributed by atoms with E-state index in [0.29, 0.717) is 22.4 Å². The summed E-state index contributed by atoms with van der Waals surface area (Å²) in [6.45, 7) is 2.82. The molecular weight excluding hydrogens is 328 g/mol. The van der Waals surface area contributed by atoms with E-state index in [1.165, 1.54) is 6.07 Å². The number of furan rings is 1. The van der Waals surface area contributed by atoms with Gasteiger partial charge in [0.2, 0.25) is 0 Å². The molecule has 2 aromatic rings. The monoisotopic (exact) mass is 343 g/mol. The predicted molar refractivity (Wildman–Crippen MR) is 77.5 cm³/mol. The summed E-state index contributed by atoms with van der Waals surface area (Å²) in [5, 5.41) is 3.29. The standard InChI is InChI=1S/C15H16BrF2NO/c1-2-8-19-12(13-6-7-14(16)20-13)9-10-4-3-5-11(17)15(10)18/h3-7,12,19H,2,8-9H2,1H3. The van der Waals surface area contributed by atoms with Crippen LogP contribution in [0.15, 0.2) is 39.4 Å². The van der Waals surface area contributed by atoms with E-state index in [0.717, 1.165) is 19.0 Å². The Morgan fingerprint density at radius 3 is 2.70 bits per heavy atom. The Labute approximate surface area is 125 Å². The first-order chi connectivity index (χ1) is 9.61. The Hall–Kier alpha value is -1.20. The van der Waals surface area contributed by atoms with Crippen molar-refractivity contribution in [3.05, 3.63) is 58.0 Å². The average molecular weight is 344 g/mol. The van der Waals surface area contributed by atoms with Crippen LogP contribution in [-0.4, -0.2) is 6.54 Å². The molecule has 2 rings (SSSR count). The second-order valence-corrected chi connectivity index (χ2v) is 5.35. The minimum absolute atomic E-state index is 0.183. The van der Waals surface area contributed by atoms with E-state index >= 15 is 0 Å². The zero-order valence-electron chi connectivity index (χ0n) is 11.1. The molecule has 1 N–H and O–H groups in total. The summed E-state index contributed by atoms with van der Waals surface area (Å²) in [5.74, 6) is -0.909. The SMILES string of the molecule is CCCNC(Cc1cccc(F)c1F)c1ccc(Br)o1. The molecule has 0 aliphatic rings. The molecule has 1 heterocycles. The van der Waals surface area contributed by atoms with Gasteiger partial charge in [0.25, 0.3) is 0 Å². The van der Waals surface area contributed by atoms with Gasteiger partial charge in [-0.25, -0.2) is 8.78 Å². The number of hydrogen-bond donors (Lipinski definition) is 1. The minimum Gasteiger partial charge on any atom is -0.453 e. The Morgan fingerprint density at radius 2 is 2.05 bits per heavy atom. The van der Waals surface area contributed by atoms with Gasteiger partial charge in [0.15, 0.2) is 16.3 Å². The fraction of sp³-hybridized carbons (Fsp3) is 0.333. The lowest BCUT2D eigenvalue weighted by Gasteiger charge is -2.17. The van der Waals surface area contributed by atoms with Crippen molar-refractivity contribution in [1.29, 1.82) is 0 Å². The van der Waals surface area contributed by atoms with Crippen LogP contribution in [0, 0.1) is 11.6 Å². The van der Waals surface area contributed by atoms with Crippen LogP contribution in [0.3, 0.4) is 0 Å². The van der Waals surface area contributed by atoms with E-state index < -0.39 is 11.6 Å². The average Bonchev–Trinajstić information content (AvgIpc) is 2.86. The van der Waals surface area contributed by atoms with Gasteiger partial charge in [0.1, 0.15) is 5.76 Å². The van der Waals surface area contributed by atoms with Crippen molar-refractivity contribution in [2.45, 2.75) is 25.8 Å². The highest BCUT2D eigenvalue weighted by atomic mass is 79.9. The van der Waals surface area contributed by atoms with Crippen molar-refractivity contribution in [3.8, 4) is 0 Å². The molecule has 1 unspecified atom stereocenters. The molecule has 0 saturated carbocycles. The molecule has 20 heavy (non-hydrogen) atoms. The van der Waals surface area contributed by atoms with Gasteiger partial charge in [-0.3, -0.25) is 0 Å². The highest BCUT2D eigenvalue weighted by Gasteiger charge is 2.18. The third-order valence-corrected chi connectivity index (χ3v) is 3.46. The topological polar surface area (TPSA) is 25.2 Å². The first-order valence-corrected chi connectivity index (χ1v) is 7.32. The Kier molecular flexibility index (Phi) is 5.31. The Balaban J connectivity index is 2.21. The maximum absolute atomic E-state index is 13.8. The first-order valence-electron chi connectivity index (χ1n) is 6.53. The zero-order chi connectivity index (χ0) is 14.5. The maximum Gasteiger partial charge on any atom is 0.169 e. The van der Waals surface area contributed by atoms with Crippen LogP contribution in [-0.2, 0) is 6.42 Å². The minimum atomic E-state index is -0.822. The Bertz CT molecular complexity index is 571. The summed E-state index contributed by atoms with van der Waals surface area (Å²) in [6, 6.07) is 7.67. The van der Waals surface area contributed by atoms with Crippen molar-refractivity contribution in [1.82, 2.24) is 5.32 Å². The summed E-state index contributed by atoms with van der Waals surface area (Å²) in [7, 11) is 0. The molecule has 5 heteroatoms. The molecule has 2 nitrogen and oxygen atoms in total. The van der Waals surface area contributed by atoms with Crippen LogP contribution in [0.5, 0.6) is 0 Å². The predicted octanol–water partition coefficient (Wildman–Crippen LogP) is 4.60. The second kappa shape index (κ2) is 6.99. The molecule has 0 spiro atoms. The lowest BCUT2D eigenvalue weighted by molar-refractivity contribution is 0.394. The van der Waals surface area contributed by atoms with E-state index in [1.54, 1.807) is 12.1 Å². The fourth-order valence-electron chi connectivity index (χ4n) is 2.03. The number of benzene rings is 1. The summed E-state index contributed by atoms with van der Waals surface area (Å²) in [5.41, 5.74) is 0.339. The first kappa shape index (κ1) is 15.2. The van der Waals surface area contributed by atoms with Gasteiger partial charge >= 0.3 is 0 Å². The number of nitrogens with one attached hydrogen (secondary N) is 1. The molecule has 0 aliphatic carbocycles. The molecule has 0 fully saturated rings. The highest BCUT2D eigenvalue weighted by Crippen LogP contribution is 2.25. The van der Waals surface area contributed by atoms with Gasteiger partial charge in [-0.15, -0.1) is 0 Å². The zero-order valence-corrected chi connectivity index (χ0v) is 12.7.